The Hall–Kier alpha value is -1.88. The number of nitrogens with zero attached hydrogens (tertiary/aromatic N) is 2. The molecule has 0 saturated carbocycles. The lowest BCUT2D eigenvalue weighted by Crippen LogP contribution is -2.30. The van der Waals surface area contributed by atoms with Crippen molar-refractivity contribution in [3.63, 3.8) is 0 Å². The third kappa shape index (κ3) is 2.09. The van der Waals surface area contributed by atoms with E-state index in [0.29, 0.717) is 18.7 Å². The summed E-state index contributed by atoms with van der Waals surface area (Å²) in [5, 5.41) is 0. The van der Waals surface area contributed by atoms with Crippen LogP contribution in [-0.4, -0.2) is 16.4 Å². The van der Waals surface area contributed by atoms with Gasteiger partial charge in [0.2, 0.25) is 0 Å². The van der Waals surface area contributed by atoms with Crippen molar-refractivity contribution < 1.29 is 8.81 Å². The molecule has 18 heavy (non-hydrogen) atoms. The van der Waals surface area contributed by atoms with E-state index < -0.39 is 0 Å². The Morgan fingerprint density at radius 2 is 2.22 bits per heavy atom. The van der Waals surface area contributed by atoms with Crippen molar-refractivity contribution in [3.8, 4) is 0 Å². The normalized spacial score (nSPS) is 15.6. The van der Waals surface area contributed by atoms with Crippen LogP contribution >= 0.6 is 0 Å². The van der Waals surface area contributed by atoms with Gasteiger partial charge < -0.3 is 10.2 Å². The molecule has 0 amide bonds. The molecule has 0 saturated heterocycles. The molecule has 2 heterocycles. The molecule has 0 unspecified atom stereocenters. The molecule has 4 nitrogen and oxygen atoms in total. The van der Waals surface area contributed by atoms with Crippen molar-refractivity contribution in [2.45, 2.75) is 19.5 Å². The summed E-state index contributed by atoms with van der Waals surface area (Å²) in [5.74, 6) is 0.695. The van der Waals surface area contributed by atoms with E-state index in [4.69, 9.17) is 10.2 Å². The number of nitrogens with two attached hydrogens (primary N) is 1. The quantitative estimate of drug-likeness (QED) is 0.881. The van der Waals surface area contributed by atoms with E-state index in [1.807, 2.05) is 12.1 Å². The second kappa shape index (κ2) is 4.42. The van der Waals surface area contributed by atoms with Crippen LogP contribution in [0.2, 0.25) is 0 Å². The van der Waals surface area contributed by atoms with Crippen LogP contribution in [0.4, 0.5) is 10.4 Å². The second-order valence-corrected chi connectivity index (χ2v) is 4.47. The van der Waals surface area contributed by atoms with Crippen LogP contribution in [0.25, 0.3) is 0 Å². The Labute approximate surface area is 104 Å². The number of benzene rings is 1. The average Bonchev–Trinajstić information content (AvgIpc) is 2.71. The van der Waals surface area contributed by atoms with Crippen LogP contribution in [0.1, 0.15) is 17.0 Å². The Bertz CT molecular complexity index is 567. The standard InChI is InChI=1S/C13H14FN3O/c14-10-4-2-1-3-9(10)7-17-6-5-12-11(8-17)16-13(15)18-12/h1-4H,5-8H2,(H2,15,16). The topological polar surface area (TPSA) is 55.3 Å². The Morgan fingerprint density at radius 3 is 3.06 bits per heavy atom. The van der Waals surface area contributed by atoms with Gasteiger partial charge in [0, 0.05) is 31.6 Å². The molecule has 0 atom stereocenters. The van der Waals surface area contributed by atoms with E-state index >= 15 is 0 Å². The van der Waals surface area contributed by atoms with E-state index in [1.54, 1.807) is 6.07 Å². The zero-order chi connectivity index (χ0) is 12.5. The molecular formula is C13H14FN3O. The molecule has 0 spiro atoms. The summed E-state index contributed by atoms with van der Waals surface area (Å²) in [4.78, 5) is 6.28. The molecule has 2 aromatic rings. The van der Waals surface area contributed by atoms with Crippen LogP contribution in [0.3, 0.4) is 0 Å². The maximum atomic E-state index is 13.6. The number of rotatable bonds is 2. The molecular weight excluding hydrogens is 233 g/mol. The fourth-order valence-corrected chi connectivity index (χ4v) is 2.28. The highest BCUT2D eigenvalue weighted by molar-refractivity contribution is 5.23. The molecule has 1 aliphatic heterocycles. The fourth-order valence-electron chi connectivity index (χ4n) is 2.28. The van der Waals surface area contributed by atoms with E-state index in [2.05, 4.69) is 9.88 Å². The van der Waals surface area contributed by atoms with E-state index in [1.165, 1.54) is 6.07 Å². The van der Waals surface area contributed by atoms with Gasteiger partial charge in [-0.15, -0.1) is 0 Å². The van der Waals surface area contributed by atoms with Crippen LogP contribution in [0.15, 0.2) is 28.7 Å². The van der Waals surface area contributed by atoms with E-state index in [-0.39, 0.29) is 11.8 Å². The predicted octanol–water partition coefficient (Wildman–Crippen LogP) is 1.95. The first kappa shape index (κ1) is 11.2. The van der Waals surface area contributed by atoms with Gasteiger partial charge in [-0.2, -0.15) is 4.98 Å². The molecule has 0 aliphatic carbocycles. The minimum atomic E-state index is -0.164. The Kier molecular flexibility index (Phi) is 2.76. The minimum absolute atomic E-state index is 0.164. The smallest absolute Gasteiger partial charge is 0.292 e. The van der Waals surface area contributed by atoms with Crippen LogP contribution < -0.4 is 5.73 Å². The van der Waals surface area contributed by atoms with Crippen molar-refractivity contribution in [2.24, 2.45) is 0 Å². The Balaban J connectivity index is 1.75. The summed E-state index contributed by atoms with van der Waals surface area (Å²) in [7, 11) is 0. The zero-order valence-electron chi connectivity index (χ0n) is 9.90. The summed E-state index contributed by atoms with van der Waals surface area (Å²) in [6.45, 7) is 2.07. The first-order valence-electron chi connectivity index (χ1n) is 5.92. The third-order valence-electron chi connectivity index (χ3n) is 3.18. The highest BCUT2D eigenvalue weighted by Crippen LogP contribution is 2.22. The molecule has 1 aromatic heterocycles. The molecule has 1 aromatic carbocycles. The van der Waals surface area contributed by atoms with Gasteiger partial charge in [-0.25, -0.2) is 4.39 Å². The number of hydrogen-bond acceptors (Lipinski definition) is 4. The monoisotopic (exact) mass is 247 g/mol. The van der Waals surface area contributed by atoms with Gasteiger partial charge in [-0.3, -0.25) is 4.90 Å². The lowest BCUT2D eigenvalue weighted by atomic mass is 10.1. The summed E-state index contributed by atoms with van der Waals surface area (Å²) in [6.07, 6.45) is 0.772. The molecule has 1 aliphatic rings. The molecule has 0 radical (unpaired) electrons. The first-order chi connectivity index (χ1) is 8.72. The molecule has 94 valence electrons. The van der Waals surface area contributed by atoms with Gasteiger partial charge in [0.1, 0.15) is 11.6 Å². The lowest BCUT2D eigenvalue weighted by Gasteiger charge is -2.25. The highest BCUT2D eigenvalue weighted by Gasteiger charge is 2.22. The molecule has 5 heteroatoms. The van der Waals surface area contributed by atoms with Gasteiger partial charge in [0.05, 0.1) is 5.69 Å². The minimum Gasteiger partial charge on any atom is -0.429 e. The number of anilines is 1. The average molecular weight is 247 g/mol. The van der Waals surface area contributed by atoms with E-state index in [9.17, 15) is 4.39 Å². The van der Waals surface area contributed by atoms with E-state index in [0.717, 1.165) is 24.4 Å². The second-order valence-electron chi connectivity index (χ2n) is 4.47. The summed E-state index contributed by atoms with van der Waals surface area (Å²) in [5.41, 5.74) is 7.10. The van der Waals surface area contributed by atoms with Crippen LogP contribution in [-0.2, 0) is 19.5 Å². The number of hydrogen-bond donors (Lipinski definition) is 1. The van der Waals surface area contributed by atoms with Gasteiger partial charge >= 0.3 is 0 Å². The zero-order valence-corrected chi connectivity index (χ0v) is 9.90. The number of fused-ring (bicyclic) bond motifs is 1. The van der Waals surface area contributed by atoms with Crippen LogP contribution in [0.5, 0.6) is 0 Å². The highest BCUT2D eigenvalue weighted by atomic mass is 19.1. The maximum Gasteiger partial charge on any atom is 0.292 e. The SMILES string of the molecule is Nc1nc2c(o1)CCN(Cc1ccccc1F)C2. The largest absolute Gasteiger partial charge is 0.429 e. The van der Waals surface area contributed by atoms with Crippen molar-refractivity contribution in [2.75, 3.05) is 12.3 Å². The predicted molar refractivity (Wildman–Crippen MR) is 65.1 cm³/mol. The van der Waals surface area contributed by atoms with Crippen molar-refractivity contribution in [1.82, 2.24) is 9.88 Å². The maximum absolute atomic E-state index is 13.6. The summed E-state index contributed by atoms with van der Waals surface area (Å²) >= 11 is 0. The lowest BCUT2D eigenvalue weighted by molar-refractivity contribution is 0.229. The van der Waals surface area contributed by atoms with Gasteiger partial charge in [0.15, 0.2) is 0 Å². The van der Waals surface area contributed by atoms with Crippen LogP contribution in [0, 0.1) is 5.82 Å². The van der Waals surface area contributed by atoms with Crippen molar-refractivity contribution >= 4 is 6.01 Å². The van der Waals surface area contributed by atoms with Crippen molar-refractivity contribution in [1.29, 1.82) is 0 Å². The number of oxazole rings is 1. The summed E-state index contributed by atoms with van der Waals surface area (Å²) in [6, 6.07) is 7.06. The summed E-state index contributed by atoms with van der Waals surface area (Å²) < 4.78 is 18.9. The van der Waals surface area contributed by atoms with Gasteiger partial charge in [-0.1, -0.05) is 18.2 Å². The first-order valence-corrected chi connectivity index (χ1v) is 5.92. The number of halogens is 1. The van der Waals surface area contributed by atoms with Crippen molar-refractivity contribution in [3.05, 3.63) is 47.1 Å². The molecule has 2 N–H and O–H groups in total. The Morgan fingerprint density at radius 1 is 1.39 bits per heavy atom. The number of nitrogen functional groups attached to an aromatic ring is 1. The fraction of sp³-hybridized carbons (Fsp3) is 0.308. The van der Waals surface area contributed by atoms with Gasteiger partial charge in [0.25, 0.3) is 6.01 Å². The third-order valence-corrected chi connectivity index (χ3v) is 3.18. The molecule has 0 bridgehead atoms. The molecule has 0 fully saturated rings. The molecule has 3 rings (SSSR count). The number of aromatic nitrogens is 1. The van der Waals surface area contributed by atoms with Gasteiger partial charge in [-0.05, 0) is 6.07 Å².